The number of phenols is 1. The highest BCUT2D eigenvalue weighted by Crippen LogP contribution is 2.47. The average molecular weight is 385 g/mol. The maximum Gasteiger partial charge on any atom is 0.172 e. The molecular formula is C20H20N2O2S2. The maximum atomic E-state index is 9.82. The lowest BCUT2D eigenvalue weighted by Gasteiger charge is -2.33. The largest absolute Gasteiger partial charge is 0.508 e. The molecular weight excluding hydrogens is 364 g/mol. The van der Waals surface area contributed by atoms with Crippen LogP contribution in [0.25, 0.3) is 10.4 Å². The van der Waals surface area contributed by atoms with E-state index in [0.29, 0.717) is 6.61 Å². The molecule has 2 heterocycles. The summed E-state index contributed by atoms with van der Waals surface area (Å²) >= 11 is 3.39. The van der Waals surface area contributed by atoms with E-state index in [1.165, 1.54) is 9.75 Å². The van der Waals surface area contributed by atoms with Crippen LogP contribution >= 0.6 is 22.7 Å². The highest BCUT2D eigenvalue weighted by Gasteiger charge is 2.33. The summed E-state index contributed by atoms with van der Waals surface area (Å²) < 4.78 is 6.68. The van der Waals surface area contributed by atoms with Crippen LogP contribution in [0.3, 0.4) is 0 Å². The number of phenolic OH excluding ortho intramolecular Hbond substituents is 1. The van der Waals surface area contributed by atoms with E-state index in [1.54, 1.807) is 34.8 Å². The second-order valence-corrected chi connectivity index (χ2v) is 8.88. The number of hydrogen-bond donors (Lipinski definition) is 2. The molecule has 0 bridgehead atoms. The number of rotatable bonds is 3. The number of benzene rings is 2. The fraction of sp³-hybridized carbons (Fsp3) is 0.250. The van der Waals surface area contributed by atoms with Crippen molar-refractivity contribution in [3.63, 3.8) is 0 Å². The highest BCUT2D eigenvalue weighted by atomic mass is 32.2. The Balaban J connectivity index is 1.87. The van der Waals surface area contributed by atoms with E-state index in [-0.39, 0.29) is 11.3 Å². The third-order valence-electron chi connectivity index (χ3n) is 4.22. The van der Waals surface area contributed by atoms with Gasteiger partial charge in [-0.25, -0.2) is 4.99 Å². The van der Waals surface area contributed by atoms with Gasteiger partial charge in [-0.1, -0.05) is 12.1 Å². The summed E-state index contributed by atoms with van der Waals surface area (Å²) in [6, 6.07) is 13.3. The predicted molar refractivity (Wildman–Crippen MR) is 109 cm³/mol. The Bertz CT molecular complexity index is 1030. The number of hydrogen-bond acceptors (Lipinski definition) is 6. The van der Waals surface area contributed by atoms with Crippen molar-refractivity contribution < 1.29 is 9.84 Å². The zero-order chi connectivity index (χ0) is 18.3. The molecule has 0 spiro atoms. The van der Waals surface area contributed by atoms with E-state index >= 15 is 0 Å². The van der Waals surface area contributed by atoms with Gasteiger partial charge in [-0.3, -0.25) is 0 Å². The van der Waals surface area contributed by atoms with E-state index in [0.717, 1.165) is 26.7 Å². The zero-order valence-electron chi connectivity index (χ0n) is 14.9. The van der Waals surface area contributed by atoms with Crippen molar-refractivity contribution in [2.24, 2.45) is 4.99 Å². The molecule has 6 heteroatoms. The number of aromatic hydroxyl groups is 1. The number of fused-ring (bicyclic) bond motifs is 3. The smallest absolute Gasteiger partial charge is 0.172 e. The summed E-state index contributed by atoms with van der Waals surface area (Å²) in [5, 5.41) is 13.4. The molecule has 4 rings (SSSR count). The van der Waals surface area contributed by atoms with Gasteiger partial charge >= 0.3 is 0 Å². The normalized spacial score (nSPS) is 15.1. The fourth-order valence-corrected chi connectivity index (χ4v) is 5.77. The van der Waals surface area contributed by atoms with Crippen molar-refractivity contribution in [2.45, 2.75) is 26.3 Å². The Morgan fingerprint density at radius 1 is 1.15 bits per heavy atom. The van der Waals surface area contributed by atoms with Gasteiger partial charge in [0.15, 0.2) is 3.98 Å². The van der Waals surface area contributed by atoms with Crippen LogP contribution in [-0.2, 0) is 5.54 Å². The standard InChI is InChI=1S/C20H20N2O2S2/c1-4-24-16-8-6-5-7-14(16)21-19-25-17-13-10-9-12(23)11-15(13)22-20(2,3)18(17)26-19/h5-11,22-23H,4H2,1-3H3. The monoisotopic (exact) mass is 384 g/mol. The van der Waals surface area contributed by atoms with Gasteiger partial charge in [-0.2, -0.15) is 0 Å². The minimum absolute atomic E-state index is 0.218. The topological polar surface area (TPSA) is 53.8 Å². The van der Waals surface area contributed by atoms with Crippen LogP contribution in [0.4, 0.5) is 11.4 Å². The summed E-state index contributed by atoms with van der Waals surface area (Å²) in [7, 11) is 0. The molecule has 1 aliphatic rings. The number of ether oxygens (including phenoxy) is 1. The first-order valence-corrected chi connectivity index (χ1v) is 10.1. The van der Waals surface area contributed by atoms with Crippen LogP contribution in [0, 0.1) is 0 Å². The van der Waals surface area contributed by atoms with Gasteiger partial charge in [-0.15, -0.1) is 22.7 Å². The van der Waals surface area contributed by atoms with Gasteiger partial charge in [0.25, 0.3) is 0 Å². The fourth-order valence-electron chi connectivity index (χ4n) is 3.08. The second kappa shape index (κ2) is 6.45. The number of para-hydroxylation sites is 2. The minimum Gasteiger partial charge on any atom is -0.508 e. The number of nitrogens with one attached hydrogen (secondary N) is 1. The Morgan fingerprint density at radius 3 is 2.77 bits per heavy atom. The van der Waals surface area contributed by atoms with Gasteiger partial charge < -0.3 is 15.2 Å². The maximum absolute atomic E-state index is 9.82. The van der Waals surface area contributed by atoms with Gasteiger partial charge in [0.2, 0.25) is 0 Å². The van der Waals surface area contributed by atoms with Crippen molar-refractivity contribution in [3.8, 4) is 21.9 Å². The second-order valence-electron chi connectivity index (χ2n) is 6.62. The summed E-state index contributed by atoms with van der Waals surface area (Å²) in [4.78, 5) is 7.32. The van der Waals surface area contributed by atoms with Crippen molar-refractivity contribution in [2.75, 3.05) is 11.9 Å². The summed E-state index contributed by atoms with van der Waals surface area (Å²) in [6.07, 6.45) is 0. The first-order valence-electron chi connectivity index (χ1n) is 8.50. The summed E-state index contributed by atoms with van der Waals surface area (Å²) in [5.41, 5.74) is 2.70. The average Bonchev–Trinajstić information content (AvgIpc) is 3.01. The van der Waals surface area contributed by atoms with Gasteiger partial charge in [-0.05, 0) is 45.0 Å². The van der Waals surface area contributed by atoms with E-state index in [9.17, 15) is 5.11 Å². The Labute approximate surface area is 160 Å². The molecule has 0 aliphatic carbocycles. The summed E-state index contributed by atoms with van der Waals surface area (Å²) in [6.45, 7) is 6.90. The van der Waals surface area contributed by atoms with Crippen molar-refractivity contribution in [1.82, 2.24) is 0 Å². The van der Waals surface area contributed by atoms with E-state index in [2.05, 4.69) is 19.2 Å². The Morgan fingerprint density at radius 2 is 1.96 bits per heavy atom. The molecule has 0 fully saturated rings. The molecule has 2 N–H and O–H groups in total. The quantitative estimate of drug-likeness (QED) is 0.629. The third kappa shape index (κ3) is 2.99. The first kappa shape index (κ1) is 17.1. The van der Waals surface area contributed by atoms with Crippen LogP contribution in [0.2, 0.25) is 0 Å². The lowest BCUT2D eigenvalue weighted by molar-refractivity contribution is 0.341. The van der Waals surface area contributed by atoms with Crippen molar-refractivity contribution in [3.05, 3.63) is 51.3 Å². The Kier molecular flexibility index (Phi) is 4.25. The lowest BCUT2D eigenvalue weighted by Crippen LogP contribution is -2.30. The van der Waals surface area contributed by atoms with E-state index < -0.39 is 0 Å². The summed E-state index contributed by atoms with van der Waals surface area (Å²) in [5.74, 6) is 1.07. The van der Waals surface area contributed by atoms with Crippen molar-refractivity contribution in [1.29, 1.82) is 0 Å². The zero-order valence-corrected chi connectivity index (χ0v) is 16.5. The van der Waals surface area contributed by atoms with Crippen LogP contribution in [0.5, 0.6) is 11.5 Å². The van der Waals surface area contributed by atoms with Crippen LogP contribution in [-0.4, -0.2) is 11.7 Å². The van der Waals surface area contributed by atoms with Crippen LogP contribution < -0.4 is 14.0 Å². The number of anilines is 1. The molecule has 0 atom stereocenters. The van der Waals surface area contributed by atoms with Gasteiger partial charge in [0, 0.05) is 17.3 Å². The molecule has 0 saturated carbocycles. The third-order valence-corrected chi connectivity index (χ3v) is 6.93. The molecule has 0 saturated heterocycles. The number of nitrogens with zero attached hydrogens (tertiary/aromatic N) is 1. The molecule has 2 aromatic carbocycles. The molecule has 134 valence electrons. The van der Waals surface area contributed by atoms with Crippen LogP contribution in [0.1, 0.15) is 25.6 Å². The minimum atomic E-state index is -0.218. The van der Waals surface area contributed by atoms with Gasteiger partial charge in [0.1, 0.15) is 17.2 Å². The van der Waals surface area contributed by atoms with Crippen molar-refractivity contribution >= 4 is 34.0 Å². The predicted octanol–water partition coefficient (Wildman–Crippen LogP) is 5.47. The molecule has 0 amide bonds. The lowest BCUT2D eigenvalue weighted by atomic mass is 9.94. The SMILES string of the molecule is CCOc1ccccc1N=c1sc2c(s1)C(C)(C)Nc1cc(O)ccc1-2. The van der Waals surface area contributed by atoms with E-state index in [1.807, 2.05) is 37.3 Å². The van der Waals surface area contributed by atoms with E-state index in [4.69, 9.17) is 9.73 Å². The molecule has 1 aliphatic heterocycles. The first-order chi connectivity index (χ1) is 12.5. The van der Waals surface area contributed by atoms with Crippen LogP contribution in [0.15, 0.2) is 47.5 Å². The molecule has 26 heavy (non-hydrogen) atoms. The highest BCUT2D eigenvalue weighted by molar-refractivity contribution is 7.30. The molecule has 0 radical (unpaired) electrons. The molecule has 3 aromatic rings. The molecule has 0 unspecified atom stereocenters. The molecule has 1 aromatic heterocycles. The molecule has 4 nitrogen and oxygen atoms in total. The Hall–Kier alpha value is -2.31. The van der Waals surface area contributed by atoms with Gasteiger partial charge in [0.05, 0.1) is 21.9 Å².